The van der Waals surface area contributed by atoms with Gasteiger partial charge < -0.3 is 5.73 Å². The van der Waals surface area contributed by atoms with Crippen molar-refractivity contribution in [2.45, 2.75) is 44.4 Å². The third kappa shape index (κ3) is 5.23. The second-order valence-electron chi connectivity index (χ2n) is 5.07. The summed E-state index contributed by atoms with van der Waals surface area (Å²) in [5, 5.41) is 0. The molecule has 0 aliphatic heterocycles. The van der Waals surface area contributed by atoms with Crippen molar-refractivity contribution >= 4 is 31.6 Å². The SMILES string of the molecule is CCCCC(CC)CNS(=O)(=O)c1cc(Br)c(F)cc1N. The van der Waals surface area contributed by atoms with Crippen molar-refractivity contribution < 1.29 is 12.8 Å². The van der Waals surface area contributed by atoms with Gasteiger partial charge in [-0.05, 0) is 40.4 Å². The van der Waals surface area contributed by atoms with Crippen LogP contribution in [0, 0.1) is 11.7 Å². The molecule has 0 aliphatic carbocycles. The van der Waals surface area contributed by atoms with Gasteiger partial charge in [-0.3, -0.25) is 0 Å². The van der Waals surface area contributed by atoms with Gasteiger partial charge in [0.1, 0.15) is 10.7 Å². The Bertz CT molecular complexity index is 579. The quantitative estimate of drug-likeness (QED) is 0.675. The van der Waals surface area contributed by atoms with Crippen molar-refractivity contribution in [2.24, 2.45) is 5.92 Å². The Kier molecular flexibility index (Phi) is 7.09. The van der Waals surface area contributed by atoms with Crippen molar-refractivity contribution in [3.8, 4) is 0 Å². The molecule has 1 atom stereocenters. The summed E-state index contributed by atoms with van der Waals surface area (Å²) in [7, 11) is -3.73. The zero-order valence-corrected chi connectivity index (χ0v) is 14.7. The molecule has 1 aromatic rings. The van der Waals surface area contributed by atoms with E-state index in [4.69, 9.17) is 5.73 Å². The Balaban J connectivity index is 2.84. The number of sulfonamides is 1. The minimum Gasteiger partial charge on any atom is -0.398 e. The van der Waals surface area contributed by atoms with Crippen LogP contribution in [0.2, 0.25) is 0 Å². The minimum absolute atomic E-state index is 0.0788. The van der Waals surface area contributed by atoms with Crippen LogP contribution in [0.1, 0.15) is 39.5 Å². The van der Waals surface area contributed by atoms with E-state index < -0.39 is 15.8 Å². The molecule has 0 spiro atoms. The molecule has 120 valence electrons. The lowest BCUT2D eigenvalue weighted by molar-refractivity contribution is 0.444. The van der Waals surface area contributed by atoms with E-state index in [1.807, 2.05) is 6.92 Å². The lowest BCUT2D eigenvalue weighted by atomic mass is 10.00. The van der Waals surface area contributed by atoms with Crippen LogP contribution in [0.15, 0.2) is 21.5 Å². The Morgan fingerprint density at radius 1 is 1.38 bits per heavy atom. The first-order valence-electron chi connectivity index (χ1n) is 7.06. The number of nitrogens with two attached hydrogens (primary N) is 1. The number of rotatable bonds is 8. The Morgan fingerprint density at radius 2 is 2.05 bits per heavy atom. The molecular weight excluding hydrogens is 359 g/mol. The zero-order chi connectivity index (χ0) is 16.0. The fourth-order valence-electron chi connectivity index (χ4n) is 2.03. The van der Waals surface area contributed by atoms with Crippen molar-refractivity contribution in [1.29, 1.82) is 0 Å². The van der Waals surface area contributed by atoms with Gasteiger partial charge in [0, 0.05) is 6.54 Å². The molecule has 0 fully saturated rings. The highest BCUT2D eigenvalue weighted by Gasteiger charge is 2.20. The zero-order valence-electron chi connectivity index (χ0n) is 12.3. The normalized spacial score (nSPS) is 13.3. The van der Waals surface area contributed by atoms with Gasteiger partial charge in [-0.1, -0.05) is 33.1 Å². The lowest BCUT2D eigenvalue weighted by Gasteiger charge is -2.16. The third-order valence-corrected chi connectivity index (χ3v) is 5.53. The van der Waals surface area contributed by atoms with Crippen molar-refractivity contribution in [2.75, 3.05) is 12.3 Å². The van der Waals surface area contributed by atoms with E-state index in [0.29, 0.717) is 12.5 Å². The van der Waals surface area contributed by atoms with E-state index >= 15 is 0 Å². The number of benzene rings is 1. The van der Waals surface area contributed by atoms with Crippen molar-refractivity contribution in [3.63, 3.8) is 0 Å². The molecule has 0 saturated heterocycles. The summed E-state index contributed by atoms with van der Waals surface area (Å²) >= 11 is 2.98. The summed E-state index contributed by atoms with van der Waals surface area (Å²) < 4.78 is 40.5. The van der Waals surface area contributed by atoms with E-state index in [-0.39, 0.29) is 15.1 Å². The topological polar surface area (TPSA) is 72.2 Å². The molecule has 0 saturated carbocycles. The summed E-state index contributed by atoms with van der Waals surface area (Å²) in [6.45, 7) is 4.51. The fraction of sp³-hybridized carbons (Fsp3) is 0.571. The van der Waals surface area contributed by atoms with Crippen LogP contribution in [0.3, 0.4) is 0 Å². The van der Waals surface area contributed by atoms with Crippen LogP contribution in [-0.4, -0.2) is 15.0 Å². The predicted octanol–water partition coefficient (Wildman–Crippen LogP) is 3.67. The fourth-order valence-corrected chi connectivity index (χ4v) is 3.77. The van der Waals surface area contributed by atoms with Gasteiger partial charge in [0.05, 0.1) is 10.2 Å². The second kappa shape index (κ2) is 8.10. The van der Waals surface area contributed by atoms with E-state index in [9.17, 15) is 12.8 Å². The molecule has 0 amide bonds. The van der Waals surface area contributed by atoms with E-state index in [0.717, 1.165) is 31.7 Å². The summed E-state index contributed by atoms with van der Waals surface area (Å²) in [5.74, 6) is -0.286. The number of anilines is 1. The molecule has 0 aliphatic rings. The van der Waals surface area contributed by atoms with Crippen molar-refractivity contribution in [1.82, 2.24) is 4.72 Å². The molecule has 1 aromatic carbocycles. The van der Waals surface area contributed by atoms with Gasteiger partial charge in [0.25, 0.3) is 0 Å². The summed E-state index contributed by atoms with van der Waals surface area (Å²) in [6.07, 6.45) is 4.05. The van der Waals surface area contributed by atoms with Gasteiger partial charge in [0.2, 0.25) is 10.0 Å². The first-order valence-corrected chi connectivity index (χ1v) is 9.33. The highest BCUT2D eigenvalue weighted by atomic mass is 79.9. The van der Waals surface area contributed by atoms with Crippen LogP contribution in [0.4, 0.5) is 10.1 Å². The van der Waals surface area contributed by atoms with Crippen molar-refractivity contribution in [3.05, 3.63) is 22.4 Å². The second-order valence-corrected chi connectivity index (χ2v) is 7.66. The highest BCUT2D eigenvalue weighted by molar-refractivity contribution is 9.10. The van der Waals surface area contributed by atoms with Gasteiger partial charge >= 0.3 is 0 Å². The van der Waals surface area contributed by atoms with E-state index in [1.54, 1.807) is 0 Å². The average molecular weight is 381 g/mol. The molecule has 7 heteroatoms. The maximum atomic E-state index is 13.3. The Labute approximate surface area is 134 Å². The molecule has 1 unspecified atom stereocenters. The summed E-state index contributed by atoms with van der Waals surface area (Å²) in [6, 6.07) is 2.20. The van der Waals surface area contributed by atoms with Crippen LogP contribution < -0.4 is 10.5 Å². The highest BCUT2D eigenvalue weighted by Crippen LogP contribution is 2.26. The van der Waals surface area contributed by atoms with Crippen LogP contribution in [-0.2, 0) is 10.0 Å². The molecule has 1 rings (SSSR count). The number of hydrogen-bond donors (Lipinski definition) is 2. The molecule has 0 aromatic heterocycles. The molecule has 21 heavy (non-hydrogen) atoms. The largest absolute Gasteiger partial charge is 0.398 e. The molecular formula is C14H22BrFN2O2S. The van der Waals surface area contributed by atoms with Gasteiger partial charge in [-0.2, -0.15) is 0 Å². The standard InChI is InChI=1S/C14H22BrFN2O2S/c1-3-5-6-10(4-2)9-18-21(19,20)14-7-11(15)12(16)8-13(14)17/h7-8,10,18H,3-6,9,17H2,1-2H3. The smallest absolute Gasteiger partial charge is 0.242 e. The van der Waals surface area contributed by atoms with Gasteiger partial charge in [-0.25, -0.2) is 17.5 Å². The monoisotopic (exact) mass is 380 g/mol. The Morgan fingerprint density at radius 3 is 2.62 bits per heavy atom. The number of nitrogen functional groups attached to an aromatic ring is 1. The first kappa shape index (κ1) is 18.4. The van der Waals surface area contributed by atoms with Gasteiger partial charge in [0.15, 0.2) is 0 Å². The van der Waals surface area contributed by atoms with Crippen LogP contribution >= 0.6 is 15.9 Å². The number of nitrogens with one attached hydrogen (secondary N) is 1. The number of halogens is 2. The van der Waals surface area contributed by atoms with E-state index in [1.165, 1.54) is 6.07 Å². The molecule has 0 bridgehead atoms. The molecule has 0 radical (unpaired) electrons. The molecule has 0 heterocycles. The van der Waals surface area contributed by atoms with Crippen LogP contribution in [0.5, 0.6) is 0 Å². The maximum Gasteiger partial charge on any atom is 0.242 e. The third-order valence-electron chi connectivity index (χ3n) is 3.45. The summed E-state index contributed by atoms with van der Waals surface area (Å²) in [5.41, 5.74) is 5.52. The molecule has 3 N–H and O–H groups in total. The van der Waals surface area contributed by atoms with E-state index in [2.05, 4.69) is 27.6 Å². The minimum atomic E-state index is -3.73. The van der Waals surface area contributed by atoms with Gasteiger partial charge in [-0.15, -0.1) is 0 Å². The summed E-state index contributed by atoms with van der Waals surface area (Å²) in [4.78, 5) is -0.0962. The Hall–Kier alpha value is -0.660. The maximum absolute atomic E-state index is 13.3. The first-order chi connectivity index (χ1) is 9.81. The average Bonchev–Trinajstić information content (AvgIpc) is 2.43. The predicted molar refractivity (Wildman–Crippen MR) is 87.0 cm³/mol. The van der Waals surface area contributed by atoms with Crippen LogP contribution in [0.25, 0.3) is 0 Å². The molecule has 4 nitrogen and oxygen atoms in total. The number of unbranched alkanes of at least 4 members (excludes halogenated alkanes) is 1. The lowest BCUT2D eigenvalue weighted by Crippen LogP contribution is -2.30. The number of hydrogen-bond acceptors (Lipinski definition) is 3.